The van der Waals surface area contributed by atoms with Crippen LogP contribution in [0.25, 0.3) is 11.0 Å². The summed E-state index contributed by atoms with van der Waals surface area (Å²) in [5.41, 5.74) is 0.744. The summed E-state index contributed by atoms with van der Waals surface area (Å²) in [6.45, 7) is 3.53. The van der Waals surface area contributed by atoms with Gasteiger partial charge in [-0.15, -0.1) is 0 Å². The van der Waals surface area contributed by atoms with Crippen molar-refractivity contribution < 1.29 is 9.21 Å². The van der Waals surface area contributed by atoms with E-state index in [9.17, 15) is 4.79 Å². The van der Waals surface area contributed by atoms with E-state index < -0.39 is 0 Å². The van der Waals surface area contributed by atoms with Crippen molar-refractivity contribution in [3.8, 4) is 0 Å². The number of fused-ring (bicyclic) bond motifs is 1. The molecule has 1 amide bonds. The summed E-state index contributed by atoms with van der Waals surface area (Å²) in [5.74, 6) is 0.354. The third kappa shape index (κ3) is 3.10. The largest absolute Gasteiger partial charge is 0.451 e. The molecule has 1 saturated heterocycles. The Balaban J connectivity index is 1.40. The van der Waals surface area contributed by atoms with Crippen LogP contribution in [0.1, 0.15) is 10.6 Å². The molecular weight excluding hydrogens is 338 g/mol. The Bertz CT molecular complexity index is 932. The van der Waals surface area contributed by atoms with Crippen LogP contribution in [0.2, 0.25) is 0 Å². The molecule has 130 valence electrons. The van der Waals surface area contributed by atoms with Crippen molar-refractivity contribution in [3.63, 3.8) is 0 Å². The van der Waals surface area contributed by atoms with Gasteiger partial charge in [-0.3, -0.25) is 9.69 Å². The molecule has 0 saturated carbocycles. The summed E-state index contributed by atoms with van der Waals surface area (Å²) in [6.07, 6.45) is 1.71. The third-order valence-electron chi connectivity index (χ3n) is 4.52. The van der Waals surface area contributed by atoms with Crippen LogP contribution in [0.3, 0.4) is 0 Å². The number of amides is 1. The van der Waals surface area contributed by atoms with Gasteiger partial charge in [0.1, 0.15) is 11.9 Å². The number of aromatic nitrogens is 3. The Morgan fingerprint density at radius 1 is 1.24 bits per heavy atom. The first-order valence-corrected chi connectivity index (χ1v) is 8.61. The van der Waals surface area contributed by atoms with Crippen LogP contribution in [-0.4, -0.2) is 56.2 Å². The van der Waals surface area contributed by atoms with Crippen LogP contribution in [0.15, 0.2) is 41.1 Å². The maximum absolute atomic E-state index is 12.7. The highest BCUT2D eigenvalue weighted by molar-refractivity contribution is 7.71. The zero-order valence-corrected chi connectivity index (χ0v) is 14.8. The molecular formula is C17H19N5O2S. The highest BCUT2D eigenvalue weighted by atomic mass is 32.1. The van der Waals surface area contributed by atoms with E-state index in [4.69, 9.17) is 16.6 Å². The summed E-state index contributed by atoms with van der Waals surface area (Å²) in [6, 6.07) is 9.48. The highest BCUT2D eigenvalue weighted by Gasteiger charge is 2.24. The third-order valence-corrected chi connectivity index (χ3v) is 5.02. The minimum atomic E-state index is -0.0507. The van der Waals surface area contributed by atoms with Crippen molar-refractivity contribution in [2.24, 2.45) is 7.05 Å². The average molecular weight is 357 g/mol. The van der Waals surface area contributed by atoms with Crippen LogP contribution in [-0.2, 0) is 13.7 Å². The summed E-state index contributed by atoms with van der Waals surface area (Å²) in [4.78, 5) is 16.7. The molecule has 0 spiro atoms. The molecule has 1 fully saturated rings. The van der Waals surface area contributed by atoms with Crippen LogP contribution < -0.4 is 0 Å². The molecule has 2 aromatic heterocycles. The quantitative estimate of drug-likeness (QED) is 0.672. The van der Waals surface area contributed by atoms with Gasteiger partial charge in [0.05, 0.1) is 6.67 Å². The van der Waals surface area contributed by atoms with E-state index in [0.29, 0.717) is 30.3 Å². The molecule has 3 heterocycles. The maximum atomic E-state index is 12.7. The van der Waals surface area contributed by atoms with Gasteiger partial charge in [0.2, 0.25) is 0 Å². The Morgan fingerprint density at radius 3 is 2.68 bits per heavy atom. The topological polar surface area (TPSA) is 59.4 Å². The summed E-state index contributed by atoms with van der Waals surface area (Å²) >= 11 is 5.31. The average Bonchev–Trinajstić information content (AvgIpc) is 3.20. The molecule has 0 radical (unpaired) electrons. The first kappa shape index (κ1) is 16.0. The fraction of sp³-hybridized carbons (Fsp3) is 0.353. The molecule has 8 heteroatoms. The Kier molecular flexibility index (Phi) is 4.14. The molecule has 0 atom stereocenters. The van der Waals surface area contributed by atoms with Gasteiger partial charge in [-0.05, 0) is 24.4 Å². The molecule has 1 aliphatic heterocycles. The van der Waals surface area contributed by atoms with Crippen molar-refractivity contribution in [2.75, 3.05) is 26.2 Å². The second kappa shape index (κ2) is 6.45. The van der Waals surface area contributed by atoms with Crippen molar-refractivity contribution in [1.82, 2.24) is 24.1 Å². The monoisotopic (exact) mass is 357 g/mol. The normalized spacial score (nSPS) is 15.8. The van der Waals surface area contributed by atoms with Gasteiger partial charge in [0, 0.05) is 38.6 Å². The molecule has 0 bridgehead atoms. The zero-order valence-electron chi connectivity index (χ0n) is 14.0. The number of piperazine rings is 1. The summed E-state index contributed by atoms with van der Waals surface area (Å²) in [7, 11) is 1.88. The van der Waals surface area contributed by atoms with Crippen molar-refractivity contribution in [3.05, 3.63) is 47.2 Å². The Hall–Kier alpha value is -2.45. The molecule has 4 rings (SSSR count). The predicted octanol–water partition coefficient (Wildman–Crippen LogP) is 2.11. The van der Waals surface area contributed by atoms with Crippen LogP contribution >= 0.6 is 12.2 Å². The Morgan fingerprint density at radius 2 is 2.00 bits per heavy atom. The van der Waals surface area contributed by atoms with Gasteiger partial charge in [-0.2, -0.15) is 5.10 Å². The molecule has 3 aromatic rings. The number of aryl methyl sites for hydroxylation is 1. The van der Waals surface area contributed by atoms with Crippen molar-refractivity contribution >= 4 is 29.1 Å². The number of furan rings is 1. The number of rotatable bonds is 3. The fourth-order valence-corrected chi connectivity index (χ4v) is 3.19. The molecule has 25 heavy (non-hydrogen) atoms. The molecule has 7 nitrogen and oxygen atoms in total. The van der Waals surface area contributed by atoms with E-state index in [2.05, 4.69) is 10.00 Å². The van der Waals surface area contributed by atoms with Crippen molar-refractivity contribution in [2.45, 2.75) is 6.67 Å². The van der Waals surface area contributed by atoms with Gasteiger partial charge in [-0.1, -0.05) is 18.2 Å². The van der Waals surface area contributed by atoms with E-state index in [1.54, 1.807) is 11.0 Å². The Labute approximate surface area is 150 Å². The zero-order chi connectivity index (χ0) is 17.4. The summed E-state index contributed by atoms with van der Waals surface area (Å²) in [5, 5.41) is 5.23. The fourth-order valence-electron chi connectivity index (χ4n) is 3.04. The molecule has 0 N–H and O–H groups in total. The van der Waals surface area contributed by atoms with E-state index in [-0.39, 0.29) is 5.91 Å². The molecule has 1 aliphatic rings. The molecule has 1 aromatic carbocycles. The van der Waals surface area contributed by atoms with Gasteiger partial charge >= 0.3 is 0 Å². The number of carbonyl (C=O) groups excluding carboxylic acids is 1. The standard InChI is InChI=1S/C17H19N5O2S/c1-19-11-18-22(17(19)25)12-20-6-8-21(9-7-20)16(23)15-10-13-4-2-3-5-14(13)24-15/h2-5,10-11H,6-9,12H2,1H3. The first-order valence-electron chi connectivity index (χ1n) is 8.20. The van der Waals surface area contributed by atoms with Gasteiger partial charge < -0.3 is 13.9 Å². The van der Waals surface area contributed by atoms with Crippen LogP contribution in [0.4, 0.5) is 0 Å². The number of para-hydroxylation sites is 1. The lowest BCUT2D eigenvalue weighted by Gasteiger charge is -2.33. The number of hydrogen-bond donors (Lipinski definition) is 0. The number of carbonyl (C=O) groups is 1. The van der Waals surface area contributed by atoms with Gasteiger partial charge in [0.15, 0.2) is 10.5 Å². The number of hydrogen-bond acceptors (Lipinski definition) is 5. The van der Waals surface area contributed by atoms with E-state index >= 15 is 0 Å². The molecule has 0 unspecified atom stereocenters. The van der Waals surface area contributed by atoms with Crippen molar-refractivity contribution in [1.29, 1.82) is 0 Å². The number of benzene rings is 1. The number of nitrogens with zero attached hydrogens (tertiary/aromatic N) is 5. The SMILES string of the molecule is Cn1cnn(CN2CCN(C(=O)c3cc4ccccc4o3)CC2)c1=S. The molecule has 0 aliphatic carbocycles. The lowest BCUT2D eigenvalue weighted by Crippen LogP contribution is -2.49. The van der Waals surface area contributed by atoms with Gasteiger partial charge in [-0.25, -0.2) is 4.68 Å². The summed E-state index contributed by atoms with van der Waals surface area (Å²) < 4.78 is 10.00. The highest BCUT2D eigenvalue weighted by Crippen LogP contribution is 2.20. The van der Waals surface area contributed by atoms with Gasteiger partial charge in [0.25, 0.3) is 5.91 Å². The smallest absolute Gasteiger partial charge is 0.289 e. The first-order chi connectivity index (χ1) is 12.1. The minimum absolute atomic E-state index is 0.0507. The predicted molar refractivity (Wildman–Crippen MR) is 95.7 cm³/mol. The maximum Gasteiger partial charge on any atom is 0.289 e. The van der Waals surface area contributed by atoms with Crippen LogP contribution in [0.5, 0.6) is 0 Å². The lowest BCUT2D eigenvalue weighted by molar-refractivity contribution is 0.0558. The minimum Gasteiger partial charge on any atom is -0.451 e. The second-order valence-corrected chi connectivity index (χ2v) is 6.59. The van der Waals surface area contributed by atoms with E-state index in [0.717, 1.165) is 24.1 Å². The van der Waals surface area contributed by atoms with Crippen LogP contribution in [0, 0.1) is 4.77 Å². The lowest BCUT2D eigenvalue weighted by atomic mass is 10.2. The van der Waals surface area contributed by atoms with E-state index in [1.807, 2.05) is 46.8 Å². The van der Waals surface area contributed by atoms with E-state index in [1.165, 1.54) is 0 Å². The second-order valence-electron chi connectivity index (χ2n) is 6.22.